The third-order valence-corrected chi connectivity index (χ3v) is 2.76. The van der Waals surface area contributed by atoms with E-state index in [-0.39, 0.29) is 5.69 Å². The number of benzene rings is 1. The molecule has 0 saturated carbocycles. The highest BCUT2D eigenvalue weighted by Crippen LogP contribution is 2.17. The summed E-state index contributed by atoms with van der Waals surface area (Å²) < 4.78 is 13.3. The monoisotopic (exact) mass is 289 g/mol. The van der Waals surface area contributed by atoms with Crippen LogP contribution in [0.25, 0.3) is 0 Å². The number of urea groups is 1. The smallest absolute Gasteiger partial charge is 0.354 e. The molecular weight excluding hydrogens is 277 g/mol. The molecule has 21 heavy (non-hydrogen) atoms. The van der Waals surface area contributed by atoms with E-state index in [2.05, 4.69) is 15.6 Å². The van der Waals surface area contributed by atoms with Gasteiger partial charge in [0.15, 0.2) is 0 Å². The first-order chi connectivity index (χ1) is 9.97. The molecule has 2 rings (SSSR count). The van der Waals surface area contributed by atoms with Gasteiger partial charge in [-0.3, -0.25) is 0 Å². The number of hydrogen-bond donors (Lipinski definition) is 3. The third kappa shape index (κ3) is 3.53. The number of carboxylic acid groups (broad SMARTS) is 1. The molecule has 6 nitrogen and oxygen atoms in total. The fraction of sp³-hybridized carbons (Fsp3) is 0.0714. The Morgan fingerprint density at radius 3 is 2.57 bits per heavy atom. The predicted octanol–water partition coefficient (Wildman–Crippen LogP) is 2.87. The van der Waals surface area contributed by atoms with Gasteiger partial charge >= 0.3 is 12.0 Å². The Labute approximate surface area is 119 Å². The highest BCUT2D eigenvalue weighted by atomic mass is 19.1. The molecule has 0 radical (unpaired) electrons. The van der Waals surface area contributed by atoms with Gasteiger partial charge in [0.25, 0.3) is 0 Å². The summed E-state index contributed by atoms with van der Waals surface area (Å²) in [7, 11) is 0. The lowest BCUT2D eigenvalue weighted by Gasteiger charge is -2.10. The van der Waals surface area contributed by atoms with E-state index in [9.17, 15) is 14.0 Å². The number of pyridine rings is 1. The van der Waals surface area contributed by atoms with Crippen molar-refractivity contribution < 1.29 is 19.1 Å². The number of halogens is 1. The highest BCUT2D eigenvalue weighted by Gasteiger charge is 2.09. The van der Waals surface area contributed by atoms with Crippen molar-refractivity contribution >= 4 is 23.4 Å². The Kier molecular flexibility index (Phi) is 4.13. The molecule has 0 bridgehead atoms. The quantitative estimate of drug-likeness (QED) is 0.810. The van der Waals surface area contributed by atoms with Crippen LogP contribution in [0.4, 0.5) is 20.6 Å². The molecule has 0 saturated heterocycles. The van der Waals surface area contributed by atoms with Crippen LogP contribution in [0.2, 0.25) is 0 Å². The van der Waals surface area contributed by atoms with Crippen molar-refractivity contribution in [3.63, 3.8) is 0 Å². The van der Waals surface area contributed by atoms with Crippen LogP contribution in [0.5, 0.6) is 0 Å². The van der Waals surface area contributed by atoms with E-state index in [0.717, 1.165) is 0 Å². The van der Waals surface area contributed by atoms with Gasteiger partial charge in [-0.05, 0) is 31.2 Å². The number of anilines is 2. The van der Waals surface area contributed by atoms with Crippen molar-refractivity contribution in [1.29, 1.82) is 0 Å². The number of rotatable bonds is 3. The van der Waals surface area contributed by atoms with E-state index < -0.39 is 17.8 Å². The fourth-order valence-electron chi connectivity index (χ4n) is 1.62. The summed E-state index contributed by atoms with van der Waals surface area (Å²) in [6.45, 7) is 1.55. The lowest BCUT2D eigenvalue weighted by Crippen LogP contribution is -2.20. The molecular formula is C14H12FN3O3. The van der Waals surface area contributed by atoms with Crippen LogP contribution >= 0.6 is 0 Å². The zero-order valence-corrected chi connectivity index (χ0v) is 11.1. The number of nitrogens with zero attached hydrogens (tertiary/aromatic N) is 1. The SMILES string of the molecule is Cc1c(F)cccc1NC(=O)Nc1ccc(C(=O)O)nc1. The molecule has 0 spiro atoms. The largest absolute Gasteiger partial charge is 0.477 e. The number of aromatic nitrogens is 1. The van der Waals surface area contributed by atoms with E-state index in [1.54, 1.807) is 13.0 Å². The molecule has 1 aromatic heterocycles. The standard InChI is InChI=1S/C14H12FN3O3/c1-8-10(15)3-2-4-11(8)18-14(21)17-9-5-6-12(13(19)20)16-7-9/h2-7H,1H3,(H,19,20)(H2,17,18,21). The van der Waals surface area contributed by atoms with Crippen LogP contribution in [0, 0.1) is 12.7 Å². The topological polar surface area (TPSA) is 91.3 Å². The molecule has 7 heteroatoms. The van der Waals surface area contributed by atoms with Gasteiger partial charge in [-0.25, -0.2) is 19.0 Å². The first kappa shape index (κ1) is 14.4. The Morgan fingerprint density at radius 1 is 1.19 bits per heavy atom. The summed E-state index contributed by atoms with van der Waals surface area (Å²) in [5, 5.41) is 13.7. The van der Waals surface area contributed by atoms with Crippen molar-refractivity contribution in [3.05, 3.63) is 53.6 Å². The Bertz CT molecular complexity index is 686. The average Bonchev–Trinajstić information content (AvgIpc) is 2.44. The van der Waals surface area contributed by atoms with Crippen LogP contribution in [0.1, 0.15) is 16.1 Å². The van der Waals surface area contributed by atoms with Gasteiger partial charge < -0.3 is 15.7 Å². The second-order valence-electron chi connectivity index (χ2n) is 4.23. The van der Waals surface area contributed by atoms with Crippen LogP contribution in [0.15, 0.2) is 36.5 Å². The summed E-state index contributed by atoms with van der Waals surface area (Å²) >= 11 is 0. The fourth-order valence-corrected chi connectivity index (χ4v) is 1.62. The van der Waals surface area contributed by atoms with Crippen molar-refractivity contribution in [2.75, 3.05) is 10.6 Å². The van der Waals surface area contributed by atoms with Gasteiger partial charge in [-0.1, -0.05) is 6.07 Å². The van der Waals surface area contributed by atoms with Gasteiger partial charge in [0.1, 0.15) is 11.5 Å². The number of nitrogens with one attached hydrogen (secondary N) is 2. The number of aromatic carboxylic acids is 1. The maximum absolute atomic E-state index is 13.3. The van der Waals surface area contributed by atoms with E-state index in [4.69, 9.17) is 5.11 Å². The minimum absolute atomic E-state index is 0.123. The van der Waals surface area contributed by atoms with E-state index >= 15 is 0 Å². The van der Waals surface area contributed by atoms with Gasteiger partial charge in [0.2, 0.25) is 0 Å². The summed E-state index contributed by atoms with van der Waals surface area (Å²) in [6.07, 6.45) is 1.22. The Hall–Kier alpha value is -2.96. The minimum atomic E-state index is -1.15. The Morgan fingerprint density at radius 2 is 1.95 bits per heavy atom. The summed E-state index contributed by atoms with van der Waals surface area (Å²) in [5.41, 5.74) is 0.878. The second-order valence-corrected chi connectivity index (χ2v) is 4.23. The van der Waals surface area contributed by atoms with Crippen molar-refractivity contribution in [1.82, 2.24) is 4.98 Å². The molecule has 0 atom stereocenters. The molecule has 0 aliphatic rings. The Balaban J connectivity index is 2.04. The highest BCUT2D eigenvalue weighted by molar-refractivity contribution is 6.00. The van der Waals surface area contributed by atoms with E-state index in [1.165, 1.54) is 30.5 Å². The summed E-state index contributed by atoms with van der Waals surface area (Å²) in [6, 6.07) is 6.46. The number of hydrogen-bond acceptors (Lipinski definition) is 3. The molecule has 0 fully saturated rings. The molecule has 0 aliphatic heterocycles. The molecule has 2 amide bonds. The minimum Gasteiger partial charge on any atom is -0.477 e. The average molecular weight is 289 g/mol. The number of carbonyl (C=O) groups is 2. The zero-order chi connectivity index (χ0) is 15.4. The van der Waals surface area contributed by atoms with Crippen molar-refractivity contribution in [3.8, 4) is 0 Å². The van der Waals surface area contributed by atoms with Crippen molar-refractivity contribution in [2.45, 2.75) is 6.92 Å². The van der Waals surface area contributed by atoms with Gasteiger partial charge in [-0.15, -0.1) is 0 Å². The predicted molar refractivity (Wildman–Crippen MR) is 75.0 cm³/mol. The molecule has 1 aromatic carbocycles. The molecule has 0 unspecified atom stereocenters. The molecule has 3 N–H and O–H groups in total. The zero-order valence-electron chi connectivity index (χ0n) is 11.1. The lowest BCUT2D eigenvalue weighted by atomic mass is 10.2. The van der Waals surface area contributed by atoms with Crippen LogP contribution < -0.4 is 10.6 Å². The summed E-state index contributed by atoms with van der Waals surface area (Å²) in [5.74, 6) is -1.57. The van der Waals surface area contributed by atoms with Crippen LogP contribution in [-0.2, 0) is 0 Å². The maximum atomic E-state index is 13.3. The summed E-state index contributed by atoms with van der Waals surface area (Å²) in [4.78, 5) is 26.1. The number of carbonyl (C=O) groups excluding carboxylic acids is 1. The molecule has 2 aromatic rings. The molecule has 108 valence electrons. The van der Waals surface area contributed by atoms with Gasteiger partial charge in [-0.2, -0.15) is 0 Å². The van der Waals surface area contributed by atoms with E-state index in [1.807, 2.05) is 0 Å². The number of amides is 2. The third-order valence-electron chi connectivity index (χ3n) is 2.76. The molecule has 0 aliphatic carbocycles. The first-order valence-corrected chi connectivity index (χ1v) is 6.00. The van der Waals surface area contributed by atoms with Gasteiger partial charge in [0.05, 0.1) is 11.9 Å². The van der Waals surface area contributed by atoms with Crippen molar-refractivity contribution in [2.24, 2.45) is 0 Å². The lowest BCUT2D eigenvalue weighted by molar-refractivity contribution is 0.0690. The first-order valence-electron chi connectivity index (χ1n) is 6.00. The molecule has 1 heterocycles. The number of carboxylic acids is 1. The van der Waals surface area contributed by atoms with Crippen LogP contribution in [0.3, 0.4) is 0 Å². The maximum Gasteiger partial charge on any atom is 0.354 e. The normalized spacial score (nSPS) is 10.0. The van der Waals surface area contributed by atoms with Gasteiger partial charge in [0, 0.05) is 11.3 Å². The van der Waals surface area contributed by atoms with Crippen LogP contribution in [-0.4, -0.2) is 22.1 Å². The second kappa shape index (κ2) is 6.00. The van der Waals surface area contributed by atoms with E-state index in [0.29, 0.717) is 16.9 Å².